The highest BCUT2D eigenvalue weighted by molar-refractivity contribution is 7.96. The highest BCUT2D eigenvalue weighted by Gasteiger charge is 2.44. The second kappa shape index (κ2) is 14.4. The lowest BCUT2D eigenvalue weighted by atomic mass is 10.2. The highest BCUT2D eigenvalue weighted by atomic mass is 32.2. The third-order valence-electron chi connectivity index (χ3n) is 5.70. The van der Waals surface area contributed by atoms with E-state index in [9.17, 15) is 13.0 Å². The molecule has 0 fully saturated rings. The molecule has 4 aromatic carbocycles. The Kier molecular flexibility index (Phi) is 11.3. The van der Waals surface area contributed by atoms with E-state index in [2.05, 4.69) is 100 Å². The predicted molar refractivity (Wildman–Crippen MR) is 151 cm³/mol. The van der Waals surface area contributed by atoms with E-state index < -0.39 is 17.4 Å². The van der Waals surface area contributed by atoms with Crippen LogP contribution in [0.1, 0.15) is 12.0 Å². The van der Waals surface area contributed by atoms with Crippen molar-refractivity contribution in [2.45, 2.75) is 18.2 Å². The second-order valence-corrected chi connectivity index (χ2v) is 13.9. The molecule has 4 rings (SSSR count). The normalized spacial score (nSPS) is 11.4. The van der Waals surface area contributed by atoms with E-state index in [0.29, 0.717) is 0 Å². The number of aryl methyl sites for hydroxylation is 1. The summed E-state index contributed by atoms with van der Waals surface area (Å²) in [4.78, 5) is -0.178. The Morgan fingerprint density at radius 3 is 1.57 bits per heavy atom. The molecule has 0 aliphatic heterocycles. The quantitative estimate of drug-likeness (QED) is 0.0704. The van der Waals surface area contributed by atoms with E-state index in [-0.39, 0.29) is 4.90 Å². The van der Waals surface area contributed by atoms with E-state index in [0.717, 1.165) is 35.9 Å². The molecule has 0 atom stereocenters. The van der Waals surface area contributed by atoms with Crippen molar-refractivity contribution in [2.24, 2.45) is 0 Å². The maximum atomic E-state index is 10.4. The van der Waals surface area contributed by atoms with Crippen molar-refractivity contribution >= 4 is 45.3 Å². The van der Waals surface area contributed by atoms with Crippen LogP contribution in [-0.2, 0) is 19.5 Å². The van der Waals surface area contributed by atoms with E-state index in [1.807, 2.05) is 6.92 Å². The molecule has 0 heterocycles. The minimum Gasteiger partial charge on any atom is -0.744 e. The van der Waals surface area contributed by atoms with Gasteiger partial charge in [0.25, 0.3) is 0 Å². The zero-order valence-corrected chi connectivity index (χ0v) is 22.9. The maximum absolute atomic E-state index is 10.4. The summed E-state index contributed by atoms with van der Waals surface area (Å²) in [6.45, 7) is 1.82. The molecule has 1 N–H and O–H groups in total. The minimum absolute atomic E-state index is 0.178. The molecule has 0 amide bonds. The van der Waals surface area contributed by atoms with Crippen LogP contribution in [0, 0.1) is 6.92 Å². The molecule has 0 spiro atoms. The average Bonchev–Trinajstić information content (AvgIpc) is 2.92. The van der Waals surface area contributed by atoms with Crippen molar-refractivity contribution in [2.75, 3.05) is 11.9 Å². The van der Waals surface area contributed by atoms with Crippen molar-refractivity contribution < 1.29 is 27.6 Å². The van der Waals surface area contributed by atoms with Gasteiger partial charge < -0.3 is 4.55 Å². The van der Waals surface area contributed by atoms with Gasteiger partial charge in [-0.15, -0.1) is 4.33 Å². The van der Waals surface area contributed by atoms with Crippen LogP contribution < -0.4 is 15.9 Å². The number of benzene rings is 4. The molecule has 194 valence electrons. The van der Waals surface area contributed by atoms with Crippen LogP contribution in [0.4, 0.5) is 0 Å². The molecule has 0 aliphatic rings. The molecule has 37 heavy (non-hydrogen) atoms. The summed E-state index contributed by atoms with van der Waals surface area (Å²) in [7, 11) is -6.04. The zero-order valence-electron chi connectivity index (χ0n) is 20.3. The van der Waals surface area contributed by atoms with Crippen LogP contribution in [0.3, 0.4) is 0 Å². The van der Waals surface area contributed by atoms with Gasteiger partial charge in [0.05, 0.1) is 11.1 Å². The molecule has 4 aromatic rings. The molecule has 0 bridgehead atoms. The van der Waals surface area contributed by atoms with Crippen LogP contribution >= 0.6 is 19.3 Å². The van der Waals surface area contributed by atoms with E-state index in [1.165, 1.54) is 28.0 Å². The largest absolute Gasteiger partial charge is 0.744 e. The Hall–Kier alpha value is -2.55. The minimum atomic E-state index is -4.27. The summed E-state index contributed by atoms with van der Waals surface area (Å²) >= 11 is 1.13. The fourth-order valence-corrected chi connectivity index (χ4v) is 9.40. The van der Waals surface area contributed by atoms with Crippen LogP contribution in [0.15, 0.2) is 120 Å². The summed E-state index contributed by atoms with van der Waals surface area (Å²) in [6.07, 6.45) is 1.97. The van der Waals surface area contributed by atoms with Gasteiger partial charge in [-0.05, 0) is 61.9 Å². The van der Waals surface area contributed by atoms with E-state index in [1.54, 1.807) is 12.1 Å². The lowest BCUT2D eigenvalue weighted by Gasteiger charge is -2.27. The second-order valence-electron chi connectivity index (χ2n) is 8.13. The first-order chi connectivity index (χ1) is 17.9. The molecule has 0 aliphatic carbocycles. The number of hydrogen-bond donors (Lipinski definition) is 1. The number of hydrogen-bond acceptors (Lipinski definition) is 7. The fraction of sp³-hybridized carbons (Fsp3) is 0.143. The summed E-state index contributed by atoms with van der Waals surface area (Å²) < 4.78 is 35.7. The SMILES string of the molecule is Cc1ccc(S(=O)(=O)[O-])cc1.OOOSCCC[P+](c1ccccc1)(c1ccccc1)c1ccccc1. The molecule has 0 saturated carbocycles. The van der Waals surface area contributed by atoms with Crippen molar-refractivity contribution in [3.05, 3.63) is 121 Å². The summed E-state index contributed by atoms with van der Waals surface area (Å²) in [5, 5.41) is 16.2. The molecule has 0 saturated heterocycles. The smallest absolute Gasteiger partial charge is 0.124 e. The van der Waals surface area contributed by atoms with Crippen LogP contribution in [-0.4, -0.2) is 30.1 Å². The van der Waals surface area contributed by atoms with Crippen molar-refractivity contribution in [1.29, 1.82) is 0 Å². The standard InChI is InChI=1S/C21H21O3PS.C7H8O3S/c22-23-24-26-18-10-17-25(19-11-4-1-5-12-19,20-13-6-2-7-14-20)21-15-8-3-9-16-21;1-6-2-4-7(5-3-6)11(8,9)10/h1-9,11-16H,10,17-18H2;2-5H,1H3,(H,8,9,10). The Balaban J connectivity index is 0.000000289. The molecular weight excluding hydrogens is 527 g/mol. The first-order valence-electron chi connectivity index (χ1n) is 11.5. The van der Waals surface area contributed by atoms with Crippen molar-refractivity contribution in [1.82, 2.24) is 0 Å². The van der Waals surface area contributed by atoms with Crippen molar-refractivity contribution in [3.63, 3.8) is 0 Å². The predicted octanol–water partition coefficient (Wildman–Crippen LogP) is 5.34. The van der Waals surface area contributed by atoms with Gasteiger partial charge in [-0.2, -0.15) is 0 Å². The van der Waals surface area contributed by atoms with Gasteiger partial charge >= 0.3 is 0 Å². The Morgan fingerprint density at radius 1 is 0.757 bits per heavy atom. The summed E-state index contributed by atoms with van der Waals surface area (Å²) in [6, 6.07) is 38.2. The Labute approximate surface area is 223 Å². The molecule has 0 aromatic heterocycles. The fourth-order valence-electron chi connectivity index (χ4n) is 4.00. The summed E-state index contributed by atoms with van der Waals surface area (Å²) in [5.74, 6) is 0.745. The maximum Gasteiger partial charge on any atom is 0.124 e. The van der Waals surface area contributed by atoms with Gasteiger partial charge in [0, 0.05) is 17.8 Å². The Morgan fingerprint density at radius 2 is 1.19 bits per heavy atom. The summed E-state index contributed by atoms with van der Waals surface area (Å²) in [5.41, 5.74) is 0.928. The van der Waals surface area contributed by atoms with Crippen LogP contribution in [0.2, 0.25) is 0 Å². The third kappa shape index (κ3) is 8.22. The Bertz CT molecular complexity index is 1210. The molecule has 9 heteroatoms. The van der Waals surface area contributed by atoms with E-state index >= 15 is 0 Å². The van der Waals surface area contributed by atoms with Gasteiger partial charge in [0.1, 0.15) is 33.3 Å². The van der Waals surface area contributed by atoms with Crippen LogP contribution in [0.5, 0.6) is 0 Å². The first kappa shape index (κ1) is 29.0. The first-order valence-corrected chi connectivity index (χ1v) is 15.8. The molecular formula is C28H29O6PS2. The average molecular weight is 557 g/mol. The van der Waals surface area contributed by atoms with Crippen LogP contribution in [0.25, 0.3) is 0 Å². The molecule has 0 radical (unpaired) electrons. The van der Waals surface area contributed by atoms with Gasteiger partial charge in [-0.1, -0.05) is 77.3 Å². The van der Waals surface area contributed by atoms with Gasteiger partial charge in [-0.3, -0.25) is 0 Å². The zero-order chi connectivity index (χ0) is 26.6. The van der Waals surface area contributed by atoms with Gasteiger partial charge in [0.15, 0.2) is 0 Å². The number of rotatable bonds is 10. The van der Waals surface area contributed by atoms with Gasteiger partial charge in [-0.25, -0.2) is 13.7 Å². The highest BCUT2D eigenvalue weighted by Crippen LogP contribution is 2.55. The van der Waals surface area contributed by atoms with Crippen molar-refractivity contribution in [3.8, 4) is 0 Å². The topological polar surface area (TPSA) is 95.9 Å². The van der Waals surface area contributed by atoms with E-state index in [4.69, 9.17) is 5.26 Å². The monoisotopic (exact) mass is 556 g/mol. The third-order valence-corrected chi connectivity index (χ3v) is 11.7. The lowest BCUT2D eigenvalue weighted by Crippen LogP contribution is -2.33. The molecule has 0 unspecified atom stereocenters. The molecule has 6 nitrogen and oxygen atoms in total. The lowest BCUT2D eigenvalue weighted by molar-refractivity contribution is -0.432. The van der Waals surface area contributed by atoms with Gasteiger partial charge in [0.2, 0.25) is 0 Å².